The highest BCUT2D eigenvalue weighted by molar-refractivity contribution is 6.10. The van der Waals surface area contributed by atoms with Crippen molar-refractivity contribution in [3.05, 3.63) is 48.6 Å². The number of hydrogen-bond donors (Lipinski definition) is 1. The van der Waals surface area contributed by atoms with Crippen molar-refractivity contribution in [1.29, 1.82) is 0 Å². The van der Waals surface area contributed by atoms with E-state index in [0.717, 1.165) is 12.1 Å². The minimum Gasteiger partial charge on any atom is -0.388 e. The van der Waals surface area contributed by atoms with Crippen LogP contribution in [0.15, 0.2) is 48.0 Å². The molecule has 1 N–H and O–H groups in total. The van der Waals surface area contributed by atoms with Gasteiger partial charge in [0, 0.05) is 26.0 Å². The zero-order valence-corrected chi connectivity index (χ0v) is 12.0. The minimum absolute atomic E-state index is 1.05. The van der Waals surface area contributed by atoms with Gasteiger partial charge in [-0.05, 0) is 36.6 Å². The number of rotatable bonds is 4. The van der Waals surface area contributed by atoms with Crippen LogP contribution in [-0.4, -0.2) is 20.3 Å². The average Bonchev–Trinajstić information content (AvgIpc) is 2.46. The van der Waals surface area contributed by atoms with Crippen LogP contribution < -0.4 is 5.32 Å². The van der Waals surface area contributed by atoms with Gasteiger partial charge < -0.3 is 5.32 Å². The summed E-state index contributed by atoms with van der Waals surface area (Å²) in [5, 5.41) is 3.12. The van der Waals surface area contributed by atoms with Crippen LogP contribution in [0.1, 0.15) is 25.8 Å². The Morgan fingerprint density at radius 1 is 1.28 bits per heavy atom. The SMILES string of the molecule is C=C.CC/C(C)=C(\C=NC)c1ccc(NC)cc1. The number of hydrogen-bond acceptors (Lipinski definition) is 2. The summed E-state index contributed by atoms with van der Waals surface area (Å²) in [5.41, 5.74) is 4.95. The molecule has 0 aliphatic carbocycles. The molecule has 0 bridgehead atoms. The van der Waals surface area contributed by atoms with Crippen LogP contribution >= 0.6 is 0 Å². The van der Waals surface area contributed by atoms with Crippen molar-refractivity contribution in [2.75, 3.05) is 19.4 Å². The third-order valence-electron chi connectivity index (χ3n) is 2.73. The number of aliphatic imine (C=N–C) groups is 1. The van der Waals surface area contributed by atoms with E-state index < -0.39 is 0 Å². The van der Waals surface area contributed by atoms with E-state index in [9.17, 15) is 0 Å². The summed E-state index contributed by atoms with van der Waals surface area (Å²) in [6, 6.07) is 8.42. The highest BCUT2D eigenvalue weighted by atomic mass is 14.8. The fourth-order valence-electron chi connectivity index (χ4n) is 1.57. The van der Waals surface area contributed by atoms with Gasteiger partial charge in [0.25, 0.3) is 0 Å². The maximum Gasteiger partial charge on any atom is 0.0337 e. The summed E-state index contributed by atoms with van der Waals surface area (Å²) in [7, 11) is 3.74. The minimum atomic E-state index is 1.05. The number of anilines is 1. The Hall–Kier alpha value is -1.83. The third kappa shape index (κ3) is 4.58. The molecule has 0 fully saturated rings. The molecule has 18 heavy (non-hydrogen) atoms. The first-order valence-corrected chi connectivity index (χ1v) is 6.13. The number of nitrogens with zero attached hydrogens (tertiary/aromatic N) is 1. The molecule has 0 atom stereocenters. The van der Waals surface area contributed by atoms with E-state index >= 15 is 0 Å². The summed E-state index contributed by atoms with van der Waals surface area (Å²) in [4.78, 5) is 4.13. The Labute approximate surface area is 111 Å². The summed E-state index contributed by atoms with van der Waals surface area (Å²) in [6.45, 7) is 10.3. The summed E-state index contributed by atoms with van der Waals surface area (Å²) in [6.07, 6.45) is 2.99. The Kier molecular flexibility index (Phi) is 8.29. The molecule has 0 aliphatic heterocycles. The van der Waals surface area contributed by atoms with Gasteiger partial charge in [0.05, 0.1) is 0 Å². The molecule has 1 aromatic rings. The van der Waals surface area contributed by atoms with Crippen molar-refractivity contribution in [2.24, 2.45) is 4.99 Å². The predicted molar refractivity (Wildman–Crippen MR) is 84.5 cm³/mol. The topological polar surface area (TPSA) is 24.4 Å². The van der Waals surface area contributed by atoms with Gasteiger partial charge in [0.15, 0.2) is 0 Å². The first-order chi connectivity index (χ1) is 8.72. The maximum atomic E-state index is 4.13. The molecule has 0 radical (unpaired) electrons. The number of allylic oxidation sites excluding steroid dienone is 2. The molecule has 0 unspecified atom stereocenters. The fraction of sp³-hybridized carbons (Fsp3) is 0.312. The maximum absolute atomic E-state index is 4.13. The summed E-state index contributed by atoms with van der Waals surface area (Å²) in [5.74, 6) is 0. The summed E-state index contributed by atoms with van der Waals surface area (Å²) < 4.78 is 0. The van der Waals surface area contributed by atoms with Gasteiger partial charge in [0.2, 0.25) is 0 Å². The van der Waals surface area contributed by atoms with Crippen molar-refractivity contribution in [3.63, 3.8) is 0 Å². The lowest BCUT2D eigenvalue weighted by Gasteiger charge is -2.08. The Bertz CT molecular complexity index is 400. The van der Waals surface area contributed by atoms with Crippen LogP contribution in [0.25, 0.3) is 5.57 Å². The van der Waals surface area contributed by atoms with E-state index in [1.165, 1.54) is 16.7 Å². The van der Waals surface area contributed by atoms with Gasteiger partial charge >= 0.3 is 0 Å². The molecule has 0 heterocycles. The Morgan fingerprint density at radius 3 is 2.22 bits per heavy atom. The molecule has 98 valence electrons. The number of nitrogens with one attached hydrogen (secondary N) is 1. The van der Waals surface area contributed by atoms with Gasteiger partial charge in [-0.25, -0.2) is 0 Å². The second-order valence-electron chi connectivity index (χ2n) is 3.76. The van der Waals surface area contributed by atoms with Gasteiger partial charge in [-0.3, -0.25) is 4.99 Å². The fourth-order valence-corrected chi connectivity index (χ4v) is 1.57. The molecule has 1 rings (SSSR count). The smallest absolute Gasteiger partial charge is 0.0337 e. The standard InChI is InChI=1S/C14H20N2.C2H4/c1-5-11(2)14(10-15-3)12-6-8-13(16-4)9-7-12;1-2/h6-10,16H,5H2,1-4H3;1-2H2/b14-11+,15-10?;. The molecule has 0 spiro atoms. The van der Waals surface area contributed by atoms with Crippen LogP contribution in [0.5, 0.6) is 0 Å². The van der Waals surface area contributed by atoms with Crippen molar-refractivity contribution in [1.82, 2.24) is 0 Å². The molecule has 0 saturated carbocycles. The van der Waals surface area contributed by atoms with Crippen molar-refractivity contribution < 1.29 is 0 Å². The van der Waals surface area contributed by atoms with E-state index in [2.05, 4.69) is 61.6 Å². The van der Waals surface area contributed by atoms with Gasteiger partial charge in [-0.2, -0.15) is 0 Å². The largest absolute Gasteiger partial charge is 0.388 e. The first kappa shape index (κ1) is 16.2. The second kappa shape index (κ2) is 9.23. The van der Waals surface area contributed by atoms with E-state index in [4.69, 9.17) is 0 Å². The lowest BCUT2D eigenvalue weighted by Crippen LogP contribution is -1.92. The highest BCUT2D eigenvalue weighted by Crippen LogP contribution is 2.20. The third-order valence-corrected chi connectivity index (χ3v) is 2.73. The molecule has 0 aliphatic rings. The average molecular weight is 244 g/mol. The first-order valence-electron chi connectivity index (χ1n) is 6.13. The van der Waals surface area contributed by atoms with Crippen LogP contribution in [0.3, 0.4) is 0 Å². The molecule has 2 nitrogen and oxygen atoms in total. The lowest BCUT2D eigenvalue weighted by molar-refractivity contribution is 1.11. The molecule has 1 aromatic carbocycles. The van der Waals surface area contributed by atoms with E-state index in [0.29, 0.717) is 0 Å². The van der Waals surface area contributed by atoms with Gasteiger partial charge in [-0.15, -0.1) is 13.2 Å². The molecular formula is C16H24N2. The van der Waals surface area contributed by atoms with Crippen molar-refractivity contribution in [2.45, 2.75) is 20.3 Å². The van der Waals surface area contributed by atoms with Crippen molar-refractivity contribution in [3.8, 4) is 0 Å². The lowest BCUT2D eigenvalue weighted by atomic mass is 10.00. The van der Waals surface area contributed by atoms with E-state index in [1.807, 2.05) is 20.3 Å². The Balaban J connectivity index is 0.00000137. The monoisotopic (exact) mass is 244 g/mol. The Morgan fingerprint density at radius 2 is 1.83 bits per heavy atom. The van der Waals surface area contributed by atoms with Gasteiger partial charge in [-0.1, -0.05) is 24.6 Å². The van der Waals surface area contributed by atoms with Crippen LogP contribution in [-0.2, 0) is 0 Å². The van der Waals surface area contributed by atoms with Gasteiger partial charge in [0.1, 0.15) is 0 Å². The quantitative estimate of drug-likeness (QED) is 0.615. The number of benzene rings is 1. The van der Waals surface area contributed by atoms with Crippen LogP contribution in [0.4, 0.5) is 5.69 Å². The molecule has 0 aromatic heterocycles. The summed E-state index contributed by atoms with van der Waals surface area (Å²) >= 11 is 0. The van der Waals surface area contributed by atoms with E-state index in [-0.39, 0.29) is 0 Å². The molecule has 2 heteroatoms. The zero-order valence-electron chi connectivity index (χ0n) is 12.0. The zero-order chi connectivity index (χ0) is 14.0. The second-order valence-corrected chi connectivity index (χ2v) is 3.76. The highest BCUT2D eigenvalue weighted by Gasteiger charge is 2.02. The van der Waals surface area contributed by atoms with Crippen molar-refractivity contribution >= 4 is 17.5 Å². The predicted octanol–water partition coefficient (Wildman–Crippen LogP) is 4.41. The molecular weight excluding hydrogens is 220 g/mol. The molecule has 0 amide bonds. The van der Waals surface area contributed by atoms with Crippen LogP contribution in [0.2, 0.25) is 0 Å². The normalized spacial score (nSPS) is 11.6. The van der Waals surface area contributed by atoms with E-state index in [1.54, 1.807) is 0 Å². The molecule has 0 saturated heterocycles. The van der Waals surface area contributed by atoms with Crippen LogP contribution in [0, 0.1) is 0 Å².